The van der Waals surface area contributed by atoms with E-state index < -0.39 is 11.7 Å². The molecule has 4 heterocycles. The molecule has 0 atom stereocenters. The second-order valence-corrected chi connectivity index (χ2v) is 7.90. The molecule has 6 rings (SSSR count). The number of halogens is 3. The van der Waals surface area contributed by atoms with Gasteiger partial charge < -0.3 is 4.98 Å². The monoisotopic (exact) mass is 443 g/mol. The second-order valence-electron chi connectivity index (χ2n) is 7.90. The van der Waals surface area contributed by atoms with Gasteiger partial charge in [0.05, 0.1) is 22.8 Å². The van der Waals surface area contributed by atoms with Crippen molar-refractivity contribution in [1.82, 2.24) is 24.5 Å². The molecule has 0 saturated heterocycles. The molecular formula is C25H16F3N5. The Hall–Kier alpha value is -4.20. The van der Waals surface area contributed by atoms with Gasteiger partial charge in [0, 0.05) is 34.4 Å². The summed E-state index contributed by atoms with van der Waals surface area (Å²) in [4.78, 5) is 16.7. The summed E-state index contributed by atoms with van der Waals surface area (Å²) in [5, 5.41) is 1.87. The van der Waals surface area contributed by atoms with Crippen molar-refractivity contribution in [3.8, 4) is 16.8 Å². The summed E-state index contributed by atoms with van der Waals surface area (Å²) >= 11 is 0. The first-order chi connectivity index (χ1) is 15.9. The number of fused-ring (bicyclic) bond motifs is 4. The highest BCUT2D eigenvalue weighted by atomic mass is 19.4. The van der Waals surface area contributed by atoms with Crippen LogP contribution in [0.4, 0.5) is 13.2 Å². The van der Waals surface area contributed by atoms with Gasteiger partial charge in [-0.25, -0.2) is 9.97 Å². The van der Waals surface area contributed by atoms with E-state index in [1.165, 1.54) is 12.1 Å². The van der Waals surface area contributed by atoms with Crippen LogP contribution < -0.4 is 0 Å². The zero-order valence-electron chi connectivity index (χ0n) is 17.4. The van der Waals surface area contributed by atoms with E-state index in [0.717, 1.165) is 50.7 Å². The number of H-pyrrole nitrogens is 1. The van der Waals surface area contributed by atoms with Crippen LogP contribution in [0, 0.1) is 6.92 Å². The highest BCUT2D eigenvalue weighted by Crippen LogP contribution is 2.33. The van der Waals surface area contributed by atoms with Gasteiger partial charge in [0.1, 0.15) is 17.0 Å². The molecule has 4 aromatic heterocycles. The van der Waals surface area contributed by atoms with Crippen LogP contribution in [0.5, 0.6) is 0 Å². The minimum atomic E-state index is -4.38. The fourth-order valence-corrected chi connectivity index (χ4v) is 4.26. The summed E-state index contributed by atoms with van der Waals surface area (Å²) < 4.78 is 41.0. The topological polar surface area (TPSA) is 59.4 Å². The van der Waals surface area contributed by atoms with E-state index in [2.05, 4.69) is 26.0 Å². The molecule has 2 aromatic carbocycles. The van der Waals surface area contributed by atoms with Crippen LogP contribution in [0.1, 0.15) is 11.4 Å². The van der Waals surface area contributed by atoms with Gasteiger partial charge in [-0.1, -0.05) is 6.07 Å². The highest BCUT2D eigenvalue weighted by molar-refractivity contribution is 6.04. The quantitative estimate of drug-likeness (QED) is 0.335. The first-order valence-corrected chi connectivity index (χ1v) is 10.3. The molecule has 0 unspecified atom stereocenters. The maximum absolute atomic E-state index is 13.1. The third kappa shape index (κ3) is 3.14. The van der Waals surface area contributed by atoms with Crippen LogP contribution in [0.2, 0.25) is 0 Å². The lowest BCUT2D eigenvalue weighted by atomic mass is 10.0. The first-order valence-electron chi connectivity index (χ1n) is 10.3. The maximum Gasteiger partial charge on any atom is 0.416 e. The average Bonchev–Trinajstić information content (AvgIpc) is 3.41. The molecule has 0 aliphatic carbocycles. The van der Waals surface area contributed by atoms with E-state index in [9.17, 15) is 13.2 Å². The summed E-state index contributed by atoms with van der Waals surface area (Å²) in [5.41, 5.74) is 4.91. The fraction of sp³-hybridized carbons (Fsp3) is 0.0800. The molecule has 0 aliphatic heterocycles. The molecular weight excluding hydrogens is 427 g/mol. The zero-order valence-corrected chi connectivity index (χ0v) is 17.4. The number of pyridine rings is 2. The Bertz CT molecular complexity index is 1660. The van der Waals surface area contributed by atoms with Gasteiger partial charge in [0.15, 0.2) is 0 Å². The number of hydrogen-bond acceptors (Lipinski definition) is 3. The molecule has 0 radical (unpaired) electrons. The second kappa shape index (κ2) is 6.90. The van der Waals surface area contributed by atoms with Crippen molar-refractivity contribution in [2.24, 2.45) is 0 Å². The van der Waals surface area contributed by atoms with Crippen LogP contribution in [-0.2, 0) is 6.18 Å². The van der Waals surface area contributed by atoms with Crippen LogP contribution in [-0.4, -0.2) is 24.5 Å². The van der Waals surface area contributed by atoms with Gasteiger partial charge in [-0.15, -0.1) is 0 Å². The van der Waals surface area contributed by atoms with E-state index in [0.29, 0.717) is 17.0 Å². The molecule has 1 N–H and O–H groups in total. The number of benzene rings is 2. The lowest BCUT2D eigenvalue weighted by Gasteiger charge is -2.12. The zero-order chi connectivity index (χ0) is 22.7. The number of aromatic amines is 1. The molecule has 0 amide bonds. The summed E-state index contributed by atoms with van der Waals surface area (Å²) in [5.74, 6) is 0.667. The van der Waals surface area contributed by atoms with Crippen molar-refractivity contribution in [2.75, 3.05) is 0 Å². The maximum atomic E-state index is 13.1. The van der Waals surface area contributed by atoms with Crippen molar-refractivity contribution >= 4 is 33.0 Å². The van der Waals surface area contributed by atoms with Gasteiger partial charge in [0.2, 0.25) is 0 Å². The Labute approximate surface area is 185 Å². The number of rotatable bonds is 2. The molecule has 33 heavy (non-hydrogen) atoms. The predicted octanol–water partition coefficient (Wildman–Crippen LogP) is 6.44. The van der Waals surface area contributed by atoms with E-state index >= 15 is 0 Å². The van der Waals surface area contributed by atoms with Crippen LogP contribution in [0.3, 0.4) is 0 Å². The molecule has 0 fully saturated rings. The Morgan fingerprint density at radius 1 is 0.848 bits per heavy atom. The van der Waals surface area contributed by atoms with Gasteiger partial charge in [-0.05, 0) is 61.0 Å². The molecule has 0 spiro atoms. The van der Waals surface area contributed by atoms with Gasteiger partial charge in [-0.2, -0.15) is 13.2 Å². The van der Waals surface area contributed by atoms with Crippen LogP contribution in [0.25, 0.3) is 49.8 Å². The minimum absolute atomic E-state index is 0.608. The van der Waals surface area contributed by atoms with Crippen molar-refractivity contribution in [1.29, 1.82) is 0 Å². The smallest absolute Gasteiger partial charge is 0.346 e. The van der Waals surface area contributed by atoms with Crippen molar-refractivity contribution in [3.05, 3.63) is 84.6 Å². The summed E-state index contributed by atoms with van der Waals surface area (Å²) in [6.45, 7) is 1.83. The van der Waals surface area contributed by atoms with E-state index in [1.54, 1.807) is 6.20 Å². The first kappa shape index (κ1) is 19.5. The number of nitrogens with one attached hydrogen (secondary N) is 1. The number of alkyl halides is 3. The van der Waals surface area contributed by atoms with Crippen LogP contribution >= 0.6 is 0 Å². The Morgan fingerprint density at radius 3 is 2.45 bits per heavy atom. The fourth-order valence-electron chi connectivity index (χ4n) is 4.26. The van der Waals surface area contributed by atoms with E-state index in [4.69, 9.17) is 0 Å². The molecule has 0 bridgehead atoms. The summed E-state index contributed by atoms with van der Waals surface area (Å²) in [7, 11) is 0. The minimum Gasteiger partial charge on any atom is -0.346 e. The Kier molecular flexibility index (Phi) is 4.07. The van der Waals surface area contributed by atoms with E-state index in [-0.39, 0.29) is 0 Å². The molecule has 0 saturated carbocycles. The Balaban J connectivity index is 1.57. The molecule has 5 nitrogen and oxygen atoms in total. The number of hydrogen-bond donors (Lipinski definition) is 1. The van der Waals surface area contributed by atoms with E-state index in [1.807, 2.05) is 48.1 Å². The number of aromatic nitrogens is 5. The van der Waals surface area contributed by atoms with Gasteiger partial charge >= 0.3 is 6.18 Å². The number of imidazole rings is 1. The molecule has 8 heteroatoms. The third-order valence-electron chi connectivity index (χ3n) is 5.84. The van der Waals surface area contributed by atoms with Crippen molar-refractivity contribution in [2.45, 2.75) is 13.1 Å². The lowest BCUT2D eigenvalue weighted by molar-refractivity contribution is -0.137. The molecule has 0 aliphatic rings. The predicted molar refractivity (Wildman–Crippen MR) is 121 cm³/mol. The number of nitrogens with zero attached hydrogens (tertiary/aromatic N) is 4. The Morgan fingerprint density at radius 2 is 1.67 bits per heavy atom. The lowest BCUT2D eigenvalue weighted by Crippen LogP contribution is -2.05. The SMILES string of the molecule is Cc1nc2cnc3ccc(-c4cnc5[nH]ccc5c4)cc3c2n1-c1ccc(C(F)(F)F)cc1. The van der Waals surface area contributed by atoms with Crippen molar-refractivity contribution in [3.63, 3.8) is 0 Å². The van der Waals surface area contributed by atoms with Gasteiger partial charge in [0.25, 0.3) is 0 Å². The highest BCUT2D eigenvalue weighted by Gasteiger charge is 2.30. The standard InChI is InChI=1S/C25H16F3N5/c1-14-32-22-13-30-21-7-2-15(17-10-16-8-9-29-24(16)31-12-17)11-20(21)23(22)33(14)19-5-3-18(4-6-19)25(26,27)28/h2-13H,1H3,(H,29,31). The summed E-state index contributed by atoms with van der Waals surface area (Å²) in [6.07, 6.45) is 0.968. The summed E-state index contributed by atoms with van der Waals surface area (Å²) in [6, 6.07) is 15.1. The average molecular weight is 443 g/mol. The molecule has 6 aromatic rings. The largest absolute Gasteiger partial charge is 0.416 e. The van der Waals surface area contributed by atoms with Gasteiger partial charge in [-0.3, -0.25) is 9.55 Å². The number of aryl methyl sites for hydroxylation is 1. The molecule has 162 valence electrons. The third-order valence-corrected chi connectivity index (χ3v) is 5.84. The van der Waals surface area contributed by atoms with Crippen molar-refractivity contribution < 1.29 is 13.2 Å². The van der Waals surface area contributed by atoms with Crippen LogP contribution in [0.15, 0.2) is 73.2 Å². The normalized spacial score (nSPS) is 12.2.